The van der Waals surface area contributed by atoms with Crippen molar-refractivity contribution in [1.29, 1.82) is 0 Å². The fourth-order valence-electron chi connectivity index (χ4n) is 1.57. The van der Waals surface area contributed by atoms with Crippen LogP contribution in [0.5, 0.6) is 0 Å². The maximum atomic E-state index is 11.5. The predicted octanol–water partition coefficient (Wildman–Crippen LogP) is 0.455. The molecule has 0 aliphatic heterocycles. The average Bonchev–Trinajstić information content (AvgIpc) is 2.85. The molecule has 0 saturated carbocycles. The van der Waals surface area contributed by atoms with Gasteiger partial charge in [-0.05, 0) is 17.9 Å². The summed E-state index contributed by atoms with van der Waals surface area (Å²) in [5, 5.41) is 24.0. The van der Waals surface area contributed by atoms with Crippen molar-refractivity contribution in [2.24, 2.45) is 0 Å². The van der Waals surface area contributed by atoms with Crippen molar-refractivity contribution in [3.63, 3.8) is 0 Å². The van der Waals surface area contributed by atoms with E-state index >= 15 is 0 Å². The molecule has 0 radical (unpaired) electrons. The summed E-state index contributed by atoms with van der Waals surface area (Å²) in [6.07, 6.45) is -2.06. The van der Waals surface area contributed by atoms with E-state index in [-0.39, 0.29) is 23.7 Å². The van der Waals surface area contributed by atoms with Crippen LogP contribution in [0, 0.1) is 0 Å². The monoisotopic (exact) mass is 287 g/mol. The van der Waals surface area contributed by atoms with Crippen molar-refractivity contribution in [2.45, 2.75) is 25.6 Å². The van der Waals surface area contributed by atoms with Gasteiger partial charge in [-0.3, -0.25) is 4.79 Å². The Morgan fingerprint density at radius 3 is 2.74 bits per heavy atom. The van der Waals surface area contributed by atoms with Gasteiger partial charge in [0.2, 0.25) is 5.91 Å². The molecule has 1 amide bonds. The number of thiophene rings is 1. The highest BCUT2D eigenvalue weighted by molar-refractivity contribution is 7.12. The number of methoxy groups -OCH3 is 1. The summed E-state index contributed by atoms with van der Waals surface area (Å²) in [5.41, 5.74) is 0.340. The Morgan fingerprint density at radius 2 is 2.16 bits per heavy atom. The van der Waals surface area contributed by atoms with Gasteiger partial charge in [-0.2, -0.15) is 0 Å². The van der Waals surface area contributed by atoms with Crippen molar-refractivity contribution in [3.05, 3.63) is 21.9 Å². The largest absolute Gasteiger partial charge is 0.465 e. The van der Waals surface area contributed by atoms with Crippen molar-refractivity contribution in [1.82, 2.24) is 5.32 Å². The first-order chi connectivity index (χ1) is 8.97. The van der Waals surface area contributed by atoms with Crippen LogP contribution < -0.4 is 5.32 Å². The molecule has 1 heterocycles. The van der Waals surface area contributed by atoms with Gasteiger partial charge in [0.25, 0.3) is 0 Å². The summed E-state index contributed by atoms with van der Waals surface area (Å²) >= 11 is 1.14. The zero-order chi connectivity index (χ0) is 14.4. The average molecular weight is 287 g/mol. The maximum Gasteiger partial charge on any atom is 0.348 e. The molecule has 0 aliphatic carbocycles. The number of ether oxygens (including phenoxy) is 1. The number of carbonyl (C=O) groups is 2. The van der Waals surface area contributed by atoms with E-state index in [0.717, 1.165) is 11.3 Å². The number of rotatable bonds is 6. The van der Waals surface area contributed by atoms with Gasteiger partial charge < -0.3 is 20.3 Å². The van der Waals surface area contributed by atoms with E-state index in [2.05, 4.69) is 10.1 Å². The summed E-state index contributed by atoms with van der Waals surface area (Å²) in [6.45, 7) is 1.63. The van der Waals surface area contributed by atoms with Crippen LogP contribution in [0.4, 0.5) is 0 Å². The number of aliphatic hydroxyl groups excluding tert-OH is 2. The van der Waals surface area contributed by atoms with Gasteiger partial charge in [0, 0.05) is 19.0 Å². The highest BCUT2D eigenvalue weighted by atomic mass is 32.1. The molecular weight excluding hydrogens is 270 g/mol. The summed E-state index contributed by atoms with van der Waals surface area (Å²) in [5.74, 6) is -0.745. The van der Waals surface area contributed by atoms with Gasteiger partial charge in [-0.25, -0.2) is 4.79 Å². The fourth-order valence-corrected chi connectivity index (χ4v) is 2.43. The van der Waals surface area contributed by atoms with Crippen molar-refractivity contribution < 1.29 is 24.5 Å². The summed E-state index contributed by atoms with van der Waals surface area (Å²) in [4.78, 5) is 22.4. The standard InChI is InChI=1S/C12H17NO5S/c1-7(14)13-5-3-9(15)10(16)8-4-6-19-11(8)12(17)18-2/h4,6,9-10,15-16H,3,5H2,1-2H3,(H,13,14). The Balaban J connectivity index is 2.66. The molecule has 3 N–H and O–H groups in total. The highest BCUT2D eigenvalue weighted by Crippen LogP contribution is 2.27. The number of hydrogen-bond acceptors (Lipinski definition) is 6. The van der Waals surface area contributed by atoms with Crippen LogP contribution in [0.3, 0.4) is 0 Å². The third kappa shape index (κ3) is 4.30. The van der Waals surface area contributed by atoms with Crippen molar-refractivity contribution >= 4 is 23.2 Å². The smallest absolute Gasteiger partial charge is 0.348 e. The minimum absolute atomic E-state index is 0.192. The molecule has 1 aromatic heterocycles. The van der Waals surface area contributed by atoms with E-state index < -0.39 is 18.2 Å². The Kier molecular flexibility index (Phi) is 5.94. The van der Waals surface area contributed by atoms with Crippen LogP contribution in [-0.2, 0) is 9.53 Å². The molecule has 6 nitrogen and oxygen atoms in total. The molecule has 106 valence electrons. The number of esters is 1. The van der Waals surface area contributed by atoms with Crippen LogP contribution in [0.2, 0.25) is 0 Å². The van der Waals surface area contributed by atoms with Gasteiger partial charge in [0.1, 0.15) is 11.0 Å². The molecule has 7 heteroatoms. The lowest BCUT2D eigenvalue weighted by atomic mass is 10.0. The van der Waals surface area contributed by atoms with Crippen LogP contribution in [0.25, 0.3) is 0 Å². The molecule has 1 rings (SSSR count). The zero-order valence-electron chi connectivity index (χ0n) is 10.8. The molecule has 0 bridgehead atoms. The number of carbonyl (C=O) groups excluding carboxylic acids is 2. The van der Waals surface area contributed by atoms with E-state index in [1.807, 2.05) is 0 Å². The lowest BCUT2D eigenvalue weighted by Gasteiger charge is -2.18. The van der Waals surface area contributed by atoms with Gasteiger partial charge >= 0.3 is 5.97 Å². The molecule has 2 unspecified atom stereocenters. The topological polar surface area (TPSA) is 95.9 Å². The van der Waals surface area contributed by atoms with Crippen LogP contribution in [-0.4, -0.2) is 41.8 Å². The number of amides is 1. The van der Waals surface area contributed by atoms with Crippen molar-refractivity contribution in [3.8, 4) is 0 Å². The van der Waals surface area contributed by atoms with E-state index in [1.165, 1.54) is 14.0 Å². The predicted molar refractivity (Wildman–Crippen MR) is 69.9 cm³/mol. The van der Waals surface area contributed by atoms with Gasteiger partial charge in [0.05, 0.1) is 13.2 Å². The number of aliphatic hydroxyl groups is 2. The van der Waals surface area contributed by atoms with Gasteiger partial charge in [0.15, 0.2) is 0 Å². The minimum atomic E-state index is -1.19. The van der Waals surface area contributed by atoms with Crippen LogP contribution in [0.1, 0.15) is 34.7 Å². The van der Waals surface area contributed by atoms with E-state index in [0.29, 0.717) is 5.56 Å². The molecule has 2 atom stereocenters. The first-order valence-electron chi connectivity index (χ1n) is 5.73. The Labute approximate surface area is 115 Å². The maximum absolute atomic E-state index is 11.5. The molecule has 0 aliphatic rings. The summed E-state index contributed by atoms with van der Waals surface area (Å²) < 4.78 is 4.60. The van der Waals surface area contributed by atoms with Gasteiger partial charge in [-0.15, -0.1) is 11.3 Å². The summed E-state index contributed by atoms with van der Waals surface area (Å²) in [6, 6.07) is 1.57. The SMILES string of the molecule is COC(=O)c1sccc1C(O)C(O)CCNC(C)=O. The molecule has 1 aromatic rings. The summed E-state index contributed by atoms with van der Waals surface area (Å²) in [7, 11) is 1.26. The normalized spacial score (nSPS) is 13.7. The first kappa shape index (κ1) is 15.6. The lowest BCUT2D eigenvalue weighted by molar-refractivity contribution is -0.119. The molecule has 0 spiro atoms. The fraction of sp³-hybridized carbons (Fsp3) is 0.500. The van der Waals surface area contributed by atoms with Crippen molar-refractivity contribution in [2.75, 3.05) is 13.7 Å². The molecule has 0 saturated heterocycles. The Bertz CT molecular complexity index is 445. The molecule has 19 heavy (non-hydrogen) atoms. The molecule has 0 fully saturated rings. The second-order valence-electron chi connectivity index (χ2n) is 3.98. The Morgan fingerprint density at radius 1 is 1.47 bits per heavy atom. The molecule has 0 aromatic carbocycles. The number of nitrogens with one attached hydrogen (secondary N) is 1. The Hall–Kier alpha value is -1.44. The van der Waals surface area contributed by atoms with Gasteiger partial charge in [-0.1, -0.05) is 0 Å². The molecular formula is C12H17NO5S. The second-order valence-corrected chi connectivity index (χ2v) is 4.90. The third-order valence-corrected chi connectivity index (χ3v) is 3.47. The van der Waals surface area contributed by atoms with E-state index in [9.17, 15) is 19.8 Å². The second kappa shape index (κ2) is 7.22. The van der Waals surface area contributed by atoms with Crippen LogP contribution in [0.15, 0.2) is 11.4 Å². The minimum Gasteiger partial charge on any atom is -0.465 e. The van der Waals surface area contributed by atoms with E-state index in [4.69, 9.17) is 0 Å². The highest BCUT2D eigenvalue weighted by Gasteiger charge is 2.25. The van der Waals surface area contributed by atoms with E-state index in [1.54, 1.807) is 11.4 Å². The first-order valence-corrected chi connectivity index (χ1v) is 6.61. The quantitative estimate of drug-likeness (QED) is 0.660. The van der Waals surface area contributed by atoms with Crippen LogP contribution >= 0.6 is 11.3 Å². The lowest BCUT2D eigenvalue weighted by Crippen LogP contribution is -2.28. The zero-order valence-corrected chi connectivity index (χ0v) is 11.6. The number of hydrogen-bond donors (Lipinski definition) is 3. The third-order valence-electron chi connectivity index (χ3n) is 2.56.